The Bertz CT molecular complexity index is 1760. The van der Waals surface area contributed by atoms with Crippen molar-refractivity contribution in [1.82, 2.24) is 10.2 Å². The van der Waals surface area contributed by atoms with Crippen molar-refractivity contribution in [3.8, 4) is 0 Å². The maximum atomic E-state index is 14.5. The number of nitrogens with zero attached hydrogens (tertiary/aromatic N) is 2. The maximum absolute atomic E-state index is 14.5. The van der Waals surface area contributed by atoms with Crippen LogP contribution < -0.4 is 9.62 Å². The number of sulfonamides is 1. The molecular weight excluding hydrogens is 688 g/mol. The van der Waals surface area contributed by atoms with Crippen molar-refractivity contribution >= 4 is 73.9 Å². The SMILES string of the molecule is CCCCNC(=O)[C@@H](Cc1ccccc1)N(Cc1ccc(Cl)cc1Cl)C(=O)CN(c1ccc(Cl)c(Cl)c1)S(=O)(=O)c1ccccc1. The Kier molecular flexibility index (Phi) is 12.8. The molecule has 4 rings (SSSR count). The average molecular weight is 722 g/mol. The van der Waals surface area contributed by atoms with E-state index < -0.39 is 28.5 Å². The summed E-state index contributed by atoms with van der Waals surface area (Å²) in [6.07, 6.45) is 1.79. The quantitative estimate of drug-likeness (QED) is 0.134. The average Bonchev–Trinajstić information content (AvgIpc) is 3.04. The van der Waals surface area contributed by atoms with Gasteiger partial charge in [0.2, 0.25) is 11.8 Å². The topological polar surface area (TPSA) is 86.8 Å². The molecule has 242 valence electrons. The van der Waals surface area contributed by atoms with Crippen molar-refractivity contribution < 1.29 is 18.0 Å². The molecule has 2 amide bonds. The van der Waals surface area contributed by atoms with Gasteiger partial charge in [0.05, 0.1) is 20.6 Å². The molecule has 0 aromatic heterocycles. The molecule has 0 aliphatic rings. The Hall–Kier alpha value is -3.27. The van der Waals surface area contributed by atoms with Crippen LogP contribution in [0.2, 0.25) is 20.1 Å². The van der Waals surface area contributed by atoms with E-state index in [9.17, 15) is 18.0 Å². The molecule has 4 aromatic rings. The Balaban J connectivity index is 1.82. The van der Waals surface area contributed by atoms with E-state index in [1.807, 2.05) is 37.3 Å². The zero-order chi connectivity index (χ0) is 33.3. The van der Waals surface area contributed by atoms with Gasteiger partial charge in [-0.1, -0.05) is 114 Å². The van der Waals surface area contributed by atoms with Crippen LogP contribution in [0, 0.1) is 0 Å². The molecule has 1 atom stereocenters. The Labute approximate surface area is 290 Å². The third-order valence-corrected chi connectivity index (χ3v) is 10.4. The molecule has 0 aliphatic carbocycles. The highest BCUT2D eigenvalue weighted by Gasteiger charge is 2.35. The first-order valence-corrected chi connectivity index (χ1v) is 17.5. The molecule has 0 saturated carbocycles. The van der Waals surface area contributed by atoms with E-state index in [0.717, 1.165) is 22.7 Å². The molecule has 0 heterocycles. The second kappa shape index (κ2) is 16.5. The number of amides is 2. The smallest absolute Gasteiger partial charge is 0.264 e. The lowest BCUT2D eigenvalue weighted by molar-refractivity contribution is -0.140. The van der Waals surface area contributed by atoms with Crippen LogP contribution in [0.3, 0.4) is 0 Å². The zero-order valence-corrected chi connectivity index (χ0v) is 28.8. The predicted octanol–water partition coefficient (Wildman–Crippen LogP) is 8.05. The van der Waals surface area contributed by atoms with Crippen molar-refractivity contribution in [2.75, 3.05) is 17.4 Å². The van der Waals surface area contributed by atoms with Crippen LogP contribution in [0.1, 0.15) is 30.9 Å². The Morgan fingerprint density at radius 3 is 2.11 bits per heavy atom. The highest BCUT2D eigenvalue weighted by Crippen LogP contribution is 2.31. The highest BCUT2D eigenvalue weighted by molar-refractivity contribution is 7.92. The first-order chi connectivity index (χ1) is 22.0. The molecule has 46 heavy (non-hydrogen) atoms. The summed E-state index contributed by atoms with van der Waals surface area (Å²) in [5.41, 5.74) is 1.48. The summed E-state index contributed by atoms with van der Waals surface area (Å²) in [4.78, 5) is 29.7. The van der Waals surface area contributed by atoms with Gasteiger partial charge in [0.1, 0.15) is 12.6 Å². The molecule has 0 spiro atoms. The van der Waals surface area contributed by atoms with Crippen LogP contribution >= 0.6 is 46.4 Å². The van der Waals surface area contributed by atoms with Gasteiger partial charge in [-0.15, -0.1) is 0 Å². The van der Waals surface area contributed by atoms with Gasteiger partial charge < -0.3 is 10.2 Å². The largest absolute Gasteiger partial charge is 0.354 e. The van der Waals surface area contributed by atoms with E-state index >= 15 is 0 Å². The van der Waals surface area contributed by atoms with Crippen LogP contribution in [0.4, 0.5) is 5.69 Å². The molecule has 0 aliphatic heterocycles. The number of benzene rings is 4. The van der Waals surface area contributed by atoms with Crippen molar-refractivity contribution in [2.24, 2.45) is 0 Å². The van der Waals surface area contributed by atoms with Crippen LogP contribution in [-0.2, 0) is 32.6 Å². The summed E-state index contributed by atoms with van der Waals surface area (Å²) in [6, 6.07) is 25.2. The number of nitrogens with one attached hydrogen (secondary N) is 1. The molecule has 0 unspecified atom stereocenters. The molecule has 1 N–H and O–H groups in total. The molecule has 12 heteroatoms. The van der Waals surface area contributed by atoms with Gasteiger partial charge in [-0.2, -0.15) is 0 Å². The summed E-state index contributed by atoms with van der Waals surface area (Å²) in [5, 5.41) is 3.99. The predicted molar refractivity (Wildman–Crippen MR) is 186 cm³/mol. The number of anilines is 1. The summed E-state index contributed by atoms with van der Waals surface area (Å²) >= 11 is 25.2. The van der Waals surface area contributed by atoms with E-state index in [4.69, 9.17) is 46.4 Å². The summed E-state index contributed by atoms with van der Waals surface area (Å²) in [7, 11) is -4.28. The molecule has 0 fully saturated rings. The van der Waals surface area contributed by atoms with E-state index in [1.54, 1.807) is 36.4 Å². The lowest BCUT2D eigenvalue weighted by Crippen LogP contribution is -2.53. The van der Waals surface area contributed by atoms with E-state index in [0.29, 0.717) is 22.2 Å². The Morgan fingerprint density at radius 2 is 1.48 bits per heavy atom. The number of carbonyl (C=O) groups is 2. The molecule has 0 bridgehead atoms. The van der Waals surface area contributed by atoms with Crippen molar-refractivity contribution in [3.63, 3.8) is 0 Å². The minimum Gasteiger partial charge on any atom is -0.354 e. The highest BCUT2D eigenvalue weighted by atomic mass is 35.5. The number of hydrogen-bond acceptors (Lipinski definition) is 4. The van der Waals surface area contributed by atoms with Crippen LogP contribution in [0.15, 0.2) is 102 Å². The van der Waals surface area contributed by atoms with Crippen molar-refractivity contribution in [1.29, 1.82) is 0 Å². The number of hydrogen-bond donors (Lipinski definition) is 1. The Morgan fingerprint density at radius 1 is 0.804 bits per heavy atom. The second-order valence-corrected chi connectivity index (χ2v) is 14.1. The monoisotopic (exact) mass is 719 g/mol. The van der Waals surface area contributed by atoms with Crippen LogP contribution in [0.5, 0.6) is 0 Å². The molecule has 0 radical (unpaired) electrons. The van der Waals surface area contributed by atoms with Gasteiger partial charge in [0, 0.05) is 29.6 Å². The third kappa shape index (κ3) is 9.17. The fourth-order valence-electron chi connectivity index (χ4n) is 4.78. The molecule has 7 nitrogen and oxygen atoms in total. The summed E-state index contributed by atoms with van der Waals surface area (Å²) in [6.45, 7) is 1.70. The van der Waals surface area contributed by atoms with Gasteiger partial charge in [-0.25, -0.2) is 8.42 Å². The second-order valence-electron chi connectivity index (χ2n) is 10.5. The number of rotatable bonds is 14. The number of halogens is 4. The lowest BCUT2D eigenvalue weighted by Gasteiger charge is -2.34. The lowest BCUT2D eigenvalue weighted by atomic mass is 10.0. The van der Waals surface area contributed by atoms with Crippen molar-refractivity contribution in [2.45, 2.75) is 43.7 Å². The fraction of sp³-hybridized carbons (Fsp3) is 0.235. The van der Waals surface area contributed by atoms with Gasteiger partial charge >= 0.3 is 0 Å². The maximum Gasteiger partial charge on any atom is 0.264 e. The third-order valence-electron chi connectivity index (χ3n) is 7.26. The van der Waals surface area contributed by atoms with Gasteiger partial charge in [-0.05, 0) is 60.0 Å². The fourth-order valence-corrected chi connectivity index (χ4v) is 6.97. The standard InChI is InChI=1S/C34H33Cl4N3O4S/c1-2-3-18-39-34(43)32(19-24-10-6-4-7-11-24)40(22-25-14-15-26(35)20-30(25)37)33(42)23-41(27-16-17-29(36)31(38)21-27)46(44,45)28-12-8-5-9-13-28/h4-17,20-21,32H,2-3,18-19,22-23H2,1H3,(H,39,43)/t32-/m1/s1. The normalized spacial score (nSPS) is 11.9. The van der Waals surface area contributed by atoms with Crippen LogP contribution in [-0.4, -0.2) is 44.3 Å². The number of unbranched alkanes of at least 4 members (excludes halogenated alkanes) is 1. The summed E-state index contributed by atoms with van der Waals surface area (Å²) in [5.74, 6) is -1.01. The summed E-state index contributed by atoms with van der Waals surface area (Å²) < 4.78 is 29.1. The van der Waals surface area contributed by atoms with E-state index in [1.165, 1.54) is 35.2 Å². The van der Waals surface area contributed by atoms with Gasteiger partial charge in [0.25, 0.3) is 10.0 Å². The number of carbonyl (C=O) groups excluding carboxylic acids is 2. The first-order valence-electron chi connectivity index (χ1n) is 14.6. The van der Waals surface area contributed by atoms with E-state index in [-0.39, 0.29) is 39.5 Å². The minimum absolute atomic E-state index is 0.0284. The molecule has 4 aromatic carbocycles. The van der Waals surface area contributed by atoms with Crippen molar-refractivity contribution in [3.05, 3.63) is 128 Å². The van der Waals surface area contributed by atoms with E-state index in [2.05, 4.69) is 5.32 Å². The van der Waals surface area contributed by atoms with Gasteiger partial charge in [-0.3, -0.25) is 13.9 Å². The van der Waals surface area contributed by atoms with Crippen LogP contribution in [0.25, 0.3) is 0 Å². The van der Waals surface area contributed by atoms with Gasteiger partial charge in [0.15, 0.2) is 0 Å². The minimum atomic E-state index is -4.28. The molecular formula is C34H33Cl4N3O4S. The zero-order valence-electron chi connectivity index (χ0n) is 25.0. The first kappa shape index (κ1) is 35.6. The molecule has 0 saturated heterocycles.